The Kier molecular flexibility index (Phi) is 7.62. The van der Waals surface area contributed by atoms with Gasteiger partial charge in [-0.1, -0.05) is 29.8 Å². The van der Waals surface area contributed by atoms with Crippen molar-refractivity contribution in [3.8, 4) is 0 Å². The van der Waals surface area contributed by atoms with E-state index >= 15 is 0 Å². The molecule has 0 aliphatic carbocycles. The van der Waals surface area contributed by atoms with Gasteiger partial charge in [-0.2, -0.15) is 0 Å². The van der Waals surface area contributed by atoms with Crippen LogP contribution in [0.15, 0.2) is 47.7 Å². The van der Waals surface area contributed by atoms with E-state index in [0.717, 1.165) is 23.5 Å². The van der Waals surface area contributed by atoms with Crippen molar-refractivity contribution in [3.05, 3.63) is 69.7 Å². The molecule has 2 aromatic carbocycles. The fourth-order valence-corrected chi connectivity index (χ4v) is 4.54. The summed E-state index contributed by atoms with van der Waals surface area (Å²) in [4.78, 5) is 4.57. The zero-order valence-electron chi connectivity index (χ0n) is 19.5. The van der Waals surface area contributed by atoms with Gasteiger partial charge in [-0.3, -0.25) is 4.99 Å². The standard InChI is InChI=1S/C25H31Cl2FN4O/c1-15(33-24(3,4)5)13-31-16(2)18-7-6-17(12-21(18)29)32-25(10-11-30-14-25)22-20(28)9-8-19(26)23(22)27/h6-9,12,30,32H,1,10-11,13-14,29H2,2-5H3. The summed E-state index contributed by atoms with van der Waals surface area (Å²) in [5, 5.41) is 7.29. The van der Waals surface area contributed by atoms with Gasteiger partial charge in [-0.25, -0.2) is 4.39 Å². The van der Waals surface area contributed by atoms with Gasteiger partial charge in [0, 0.05) is 34.8 Å². The maximum Gasteiger partial charge on any atom is 0.130 e. The van der Waals surface area contributed by atoms with E-state index in [1.165, 1.54) is 12.1 Å². The lowest BCUT2D eigenvalue weighted by Gasteiger charge is -2.33. The predicted octanol–water partition coefficient (Wildman–Crippen LogP) is 6.15. The Morgan fingerprint density at radius 3 is 2.64 bits per heavy atom. The Morgan fingerprint density at radius 1 is 1.30 bits per heavy atom. The minimum Gasteiger partial charge on any atom is -0.491 e. The molecule has 0 amide bonds. The van der Waals surface area contributed by atoms with Gasteiger partial charge in [0.05, 0.1) is 22.1 Å². The van der Waals surface area contributed by atoms with Crippen LogP contribution in [0.2, 0.25) is 10.0 Å². The van der Waals surface area contributed by atoms with Crippen LogP contribution in [0.3, 0.4) is 0 Å². The molecular weight excluding hydrogens is 462 g/mol. The average molecular weight is 493 g/mol. The molecule has 3 rings (SSSR count). The van der Waals surface area contributed by atoms with Gasteiger partial charge in [-0.05, 0) is 71.0 Å². The third kappa shape index (κ3) is 5.99. The summed E-state index contributed by atoms with van der Waals surface area (Å²) in [5.41, 5.74) is 8.56. The summed E-state index contributed by atoms with van der Waals surface area (Å²) in [6.45, 7) is 13.3. The highest BCUT2D eigenvalue weighted by atomic mass is 35.5. The van der Waals surface area contributed by atoms with E-state index in [1.54, 1.807) is 0 Å². The van der Waals surface area contributed by atoms with Crippen LogP contribution < -0.4 is 16.4 Å². The van der Waals surface area contributed by atoms with Gasteiger partial charge in [0.15, 0.2) is 0 Å². The summed E-state index contributed by atoms with van der Waals surface area (Å²) in [7, 11) is 0. The molecule has 0 spiro atoms. The SMILES string of the molecule is C=C(CN=C(C)c1ccc(NC2(c3c(F)ccc(Cl)c3Cl)CCNC2)cc1N)OC(C)(C)C. The number of nitrogen functional groups attached to an aromatic ring is 1. The lowest BCUT2D eigenvalue weighted by molar-refractivity contribution is 0.0521. The summed E-state index contributed by atoms with van der Waals surface area (Å²) in [6.07, 6.45) is 0.641. The number of nitrogens with two attached hydrogens (primary N) is 1. The van der Waals surface area contributed by atoms with Crippen molar-refractivity contribution in [3.63, 3.8) is 0 Å². The van der Waals surface area contributed by atoms with E-state index in [9.17, 15) is 4.39 Å². The van der Waals surface area contributed by atoms with E-state index in [-0.39, 0.29) is 10.6 Å². The molecule has 1 saturated heterocycles. The highest BCUT2D eigenvalue weighted by Crippen LogP contribution is 2.41. The van der Waals surface area contributed by atoms with Crippen LogP contribution in [0.5, 0.6) is 0 Å². The Morgan fingerprint density at radius 2 is 2.03 bits per heavy atom. The second-order valence-electron chi connectivity index (χ2n) is 9.31. The normalized spacial score (nSPS) is 18.9. The number of rotatable bonds is 7. The van der Waals surface area contributed by atoms with Crippen LogP contribution in [0.25, 0.3) is 0 Å². The number of halogens is 3. The molecule has 0 radical (unpaired) electrons. The molecule has 33 heavy (non-hydrogen) atoms. The number of hydrogen-bond donors (Lipinski definition) is 3. The Hall–Kier alpha value is -2.28. The number of anilines is 2. The van der Waals surface area contributed by atoms with Crippen molar-refractivity contribution in [2.75, 3.05) is 30.7 Å². The van der Waals surface area contributed by atoms with Crippen LogP contribution in [0, 0.1) is 5.82 Å². The first kappa shape index (κ1) is 25.3. The third-order valence-corrected chi connectivity index (χ3v) is 6.25. The van der Waals surface area contributed by atoms with Crippen molar-refractivity contribution in [1.82, 2.24) is 5.32 Å². The van der Waals surface area contributed by atoms with Crippen LogP contribution in [-0.2, 0) is 10.3 Å². The minimum atomic E-state index is -0.745. The first-order valence-corrected chi connectivity index (χ1v) is 11.6. The van der Waals surface area contributed by atoms with E-state index in [2.05, 4.69) is 22.2 Å². The van der Waals surface area contributed by atoms with Crippen molar-refractivity contribution >= 4 is 40.3 Å². The zero-order valence-corrected chi connectivity index (χ0v) is 21.0. The van der Waals surface area contributed by atoms with E-state index < -0.39 is 11.4 Å². The fourth-order valence-electron chi connectivity index (χ4n) is 4.04. The molecule has 1 aliphatic heterocycles. The number of nitrogens with one attached hydrogen (secondary N) is 2. The van der Waals surface area contributed by atoms with Crippen molar-refractivity contribution in [1.29, 1.82) is 0 Å². The minimum absolute atomic E-state index is 0.221. The van der Waals surface area contributed by atoms with Crippen molar-refractivity contribution in [2.45, 2.75) is 45.3 Å². The molecule has 5 nitrogen and oxygen atoms in total. The van der Waals surface area contributed by atoms with Crippen molar-refractivity contribution < 1.29 is 9.13 Å². The molecule has 178 valence electrons. The highest BCUT2D eigenvalue weighted by molar-refractivity contribution is 6.42. The van der Waals surface area contributed by atoms with E-state index in [4.69, 9.17) is 33.7 Å². The van der Waals surface area contributed by atoms with Gasteiger partial charge in [0.1, 0.15) is 17.2 Å². The topological polar surface area (TPSA) is 71.7 Å². The molecule has 1 unspecified atom stereocenters. The third-order valence-electron chi connectivity index (χ3n) is 5.45. The fraction of sp³-hybridized carbons (Fsp3) is 0.400. The molecule has 0 bridgehead atoms. The summed E-state index contributed by atoms with van der Waals surface area (Å²) < 4.78 is 20.6. The Labute approximate surface area is 205 Å². The maximum absolute atomic E-state index is 14.9. The monoisotopic (exact) mass is 492 g/mol. The quantitative estimate of drug-likeness (QED) is 0.187. The molecule has 8 heteroatoms. The van der Waals surface area contributed by atoms with Crippen LogP contribution >= 0.6 is 23.2 Å². The molecule has 0 aromatic heterocycles. The largest absolute Gasteiger partial charge is 0.491 e. The first-order chi connectivity index (χ1) is 15.4. The molecular formula is C25H31Cl2FN4O. The number of benzene rings is 2. The maximum atomic E-state index is 14.9. The Bertz CT molecular complexity index is 1070. The average Bonchev–Trinajstić information content (AvgIpc) is 3.17. The van der Waals surface area contributed by atoms with Gasteiger partial charge >= 0.3 is 0 Å². The van der Waals surface area contributed by atoms with Crippen LogP contribution in [0.4, 0.5) is 15.8 Å². The zero-order chi connectivity index (χ0) is 24.4. The summed E-state index contributed by atoms with van der Waals surface area (Å²) >= 11 is 12.6. The van der Waals surface area contributed by atoms with E-state index in [0.29, 0.717) is 41.5 Å². The Balaban J connectivity index is 1.84. The molecule has 1 atom stereocenters. The highest BCUT2D eigenvalue weighted by Gasteiger charge is 2.40. The molecule has 0 saturated carbocycles. The van der Waals surface area contributed by atoms with Gasteiger partial charge in [0.25, 0.3) is 0 Å². The number of aliphatic imine (C=N–C) groups is 1. The van der Waals surface area contributed by atoms with E-state index in [1.807, 2.05) is 45.9 Å². The lowest BCUT2D eigenvalue weighted by atomic mass is 9.87. The van der Waals surface area contributed by atoms with Crippen LogP contribution in [0.1, 0.15) is 45.2 Å². The molecule has 4 N–H and O–H groups in total. The second-order valence-corrected chi connectivity index (χ2v) is 10.1. The number of nitrogens with zero attached hydrogens (tertiary/aromatic N) is 1. The molecule has 1 heterocycles. The summed E-state index contributed by atoms with van der Waals surface area (Å²) in [6, 6.07) is 8.44. The van der Waals surface area contributed by atoms with Gasteiger partial charge in [0.2, 0.25) is 0 Å². The number of ether oxygens (including phenoxy) is 1. The first-order valence-electron chi connectivity index (χ1n) is 10.8. The van der Waals surface area contributed by atoms with Gasteiger partial charge in [-0.15, -0.1) is 0 Å². The number of hydrogen-bond acceptors (Lipinski definition) is 5. The summed E-state index contributed by atoms with van der Waals surface area (Å²) in [5.74, 6) is 0.195. The van der Waals surface area contributed by atoms with Crippen LogP contribution in [-0.4, -0.2) is 30.9 Å². The molecule has 1 aliphatic rings. The molecule has 1 fully saturated rings. The van der Waals surface area contributed by atoms with Crippen molar-refractivity contribution in [2.24, 2.45) is 4.99 Å². The second kappa shape index (κ2) is 9.92. The smallest absolute Gasteiger partial charge is 0.130 e. The lowest BCUT2D eigenvalue weighted by Crippen LogP contribution is -2.39. The predicted molar refractivity (Wildman–Crippen MR) is 137 cm³/mol. The molecule has 2 aromatic rings. The van der Waals surface area contributed by atoms with Gasteiger partial charge < -0.3 is 21.1 Å².